The molecular weight excluding hydrogens is 448 g/mol. The van der Waals surface area contributed by atoms with E-state index in [0.29, 0.717) is 5.92 Å². The summed E-state index contributed by atoms with van der Waals surface area (Å²) in [6.07, 6.45) is 0.940. The number of benzene rings is 2. The second-order valence-corrected chi connectivity index (χ2v) is 7.04. The van der Waals surface area contributed by atoms with Crippen LogP contribution in [-0.4, -0.2) is 12.4 Å². The average Bonchev–Trinajstić information content (AvgIpc) is 2.46. The molecule has 0 N–H and O–H groups in total. The van der Waals surface area contributed by atoms with E-state index in [1.165, 1.54) is 11.1 Å². The molecule has 0 aromatic heterocycles. The summed E-state index contributed by atoms with van der Waals surface area (Å²) in [6, 6.07) is 14.7. The highest BCUT2D eigenvalue weighted by molar-refractivity contribution is 9.10. The van der Waals surface area contributed by atoms with Gasteiger partial charge in [-0.15, -0.1) is 0 Å². The largest absolute Gasteiger partial charge is 0.496 e. The molecule has 106 valence electrons. The molecule has 1 nitrogen and oxygen atoms in total. The molecule has 0 fully saturated rings. The van der Waals surface area contributed by atoms with Crippen LogP contribution < -0.4 is 4.74 Å². The molecule has 0 aliphatic carbocycles. The second kappa shape index (κ2) is 7.62. The lowest BCUT2D eigenvalue weighted by Crippen LogP contribution is -2.05. The molecule has 0 aliphatic heterocycles. The Balaban J connectivity index is 2.26. The van der Waals surface area contributed by atoms with Crippen molar-refractivity contribution in [3.05, 3.63) is 62.5 Å². The number of hydrogen-bond acceptors (Lipinski definition) is 1. The van der Waals surface area contributed by atoms with Crippen molar-refractivity contribution in [2.75, 3.05) is 12.4 Å². The second-order valence-electron chi connectivity index (χ2n) is 4.56. The standard InChI is InChI=1S/C16H15Br3O/c1-20-16-7-6-15(19)9-12(16)8-13(10-17)11-2-4-14(18)5-3-11/h2-7,9,13H,8,10H2,1H3. The Labute approximate surface area is 145 Å². The smallest absolute Gasteiger partial charge is 0.122 e. The van der Waals surface area contributed by atoms with Crippen LogP contribution in [0.5, 0.6) is 5.75 Å². The van der Waals surface area contributed by atoms with Gasteiger partial charge in [-0.05, 0) is 53.8 Å². The molecule has 1 unspecified atom stereocenters. The highest BCUT2D eigenvalue weighted by Gasteiger charge is 2.14. The molecule has 2 aromatic rings. The van der Waals surface area contributed by atoms with Crippen molar-refractivity contribution in [2.24, 2.45) is 0 Å². The maximum atomic E-state index is 5.46. The van der Waals surface area contributed by atoms with Gasteiger partial charge in [0.2, 0.25) is 0 Å². The lowest BCUT2D eigenvalue weighted by Gasteiger charge is -2.17. The monoisotopic (exact) mass is 460 g/mol. The van der Waals surface area contributed by atoms with Crippen molar-refractivity contribution in [3.63, 3.8) is 0 Å². The van der Waals surface area contributed by atoms with Gasteiger partial charge in [0.25, 0.3) is 0 Å². The lowest BCUT2D eigenvalue weighted by molar-refractivity contribution is 0.408. The van der Waals surface area contributed by atoms with Crippen LogP contribution in [0.3, 0.4) is 0 Å². The first kappa shape index (κ1) is 16.1. The fraction of sp³-hybridized carbons (Fsp3) is 0.250. The van der Waals surface area contributed by atoms with E-state index in [2.05, 4.69) is 78.1 Å². The van der Waals surface area contributed by atoms with Crippen molar-refractivity contribution >= 4 is 47.8 Å². The molecule has 0 amide bonds. The van der Waals surface area contributed by atoms with Gasteiger partial charge in [0, 0.05) is 14.3 Å². The molecule has 0 radical (unpaired) electrons. The summed E-state index contributed by atoms with van der Waals surface area (Å²) in [4.78, 5) is 0. The maximum Gasteiger partial charge on any atom is 0.122 e. The van der Waals surface area contributed by atoms with E-state index >= 15 is 0 Å². The quantitative estimate of drug-likeness (QED) is 0.499. The molecule has 1 atom stereocenters. The minimum atomic E-state index is 0.422. The van der Waals surface area contributed by atoms with Crippen molar-refractivity contribution in [3.8, 4) is 5.75 Å². The van der Waals surface area contributed by atoms with Crippen molar-refractivity contribution in [2.45, 2.75) is 12.3 Å². The van der Waals surface area contributed by atoms with Crippen LogP contribution in [0.1, 0.15) is 17.0 Å². The minimum Gasteiger partial charge on any atom is -0.496 e. The van der Waals surface area contributed by atoms with Gasteiger partial charge in [0.05, 0.1) is 7.11 Å². The van der Waals surface area contributed by atoms with Crippen LogP contribution in [0, 0.1) is 0 Å². The summed E-state index contributed by atoms with van der Waals surface area (Å²) < 4.78 is 7.64. The highest BCUT2D eigenvalue weighted by atomic mass is 79.9. The fourth-order valence-electron chi connectivity index (χ4n) is 2.17. The molecule has 2 rings (SSSR count). The Bertz CT molecular complexity index is 566. The summed E-state index contributed by atoms with van der Waals surface area (Å²) in [5.41, 5.74) is 2.54. The molecule has 2 aromatic carbocycles. The van der Waals surface area contributed by atoms with Crippen molar-refractivity contribution in [1.29, 1.82) is 0 Å². The van der Waals surface area contributed by atoms with E-state index in [-0.39, 0.29) is 0 Å². The van der Waals surface area contributed by atoms with Crippen molar-refractivity contribution < 1.29 is 4.74 Å². The molecule has 0 bridgehead atoms. The van der Waals surface area contributed by atoms with E-state index in [1.807, 2.05) is 12.1 Å². The topological polar surface area (TPSA) is 9.23 Å². The number of rotatable bonds is 5. The van der Waals surface area contributed by atoms with Gasteiger partial charge in [-0.2, -0.15) is 0 Å². The molecule has 0 aliphatic rings. The van der Waals surface area contributed by atoms with Gasteiger partial charge < -0.3 is 4.74 Å². The van der Waals surface area contributed by atoms with Gasteiger partial charge in [0.15, 0.2) is 0 Å². The van der Waals surface area contributed by atoms with E-state index in [0.717, 1.165) is 26.4 Å². The third kappa shape index (κ3) is 4.09. The number of ether oxygens (including phenoxy) is 1. The van der Waals surface area contributed by atoms with Gasteiger partial charge in [-0.3, -0.25) is 0 Å². The zero-order chi connectivity index (χ0) is 14.5. The molecule has 0 saturated heterocycles. The van der Waals surface area contributed by atoms with E-state index in [9.17, 15) is 0 Å². The predicted octanol–water partition coefficient (Wildman–Crippen LogP) is 5.94. The summed E-state index contributed by atoms with van der Waals surface area (Å²) in [5.74, 6) is 1.36. The van der Waals surface area contributed by atoms with Crippen LogP contribution >= 0.6 is 47.8 Å². The summed E-state index contributed by atoms with van der Waals surface area (Å²) in [5, 5.41) is 0.921. The first-order valence-electron chi connectivity index (χ1n) is 6.28. The SMILES string of the molecule is COc1ccc(Br)cc1CC(CBr)c1ccc(Br)cc1. The van der Waals surface area contributed by atoms with E-state index < -0.39 is 0 Å². The predicted molar refractivity (Wildman–Crippen MR) is 95.1 cm³/mol. The molecule has 0 saturated carbocycles. The Morgan fingerprint density at radius 1 is 1.00 bits per heavy atom. The number of hydrogen-bond donors (Lipinski definition) is 0. The molecule has 0 heterocycles. The van der Waals surface area contributed by atoms with Gasteiger partial charge in [-0.1, -0.05) is 59.9 Å². The zero-order valence-electron chi connectivity index (χ0n) is 11.1. The molecule has 4 heteroatoms. The van der Waals surface area contributed by atoms with Crippen LogP contribution in [-0.2, 0) is 6.42 Å². The molecule has 0 spiro atoms. The number of halogens is 3. The van der Waals surface area contributed by atoms with Crippen LogP contribution in [0.25, 0.3) is 0 Å². The van der Waals surface area contributed by atoms with Crippen LogP contribution in [0.15, 0.2) is 51.4 Å². The van der Waals surface area contributed by atoms with E-state index in [4.69, 9.17) is 4.74 Å². The Kier molecular flexibility index (Phi) is 6.12. The maximum absolute atomic E-state index is 5.46. The van der Waals surface area contributed by atoms with Gasteiger partial charge >= 0.3 is 0 Å². The third-order valence-corrected chi connectivity index (χ3v) is 5.04. The normalized spacial score (nSPS) is 12.2. The molecule has 20 heavy (non-hydrogen) atoms. The van der Waals surface area contributed by atoms with Crippen molar-refractivity contribution in [1.82, 2.24) is 0 Å². The first-order chi connectivity index (χ1) is 9.63. The number of alkyl halides is 1. The minimum absolute atomic E-state index is 0.422. The zero-order valence-corrected chi connectivity index (χ0v) is 15.8. The summed E-state index contributed by atoms with van der Waals surface area (Å²) >= 11 is 10.6. The van der Waals surface area contributed by atoms with Gasteiger partial charge in [-0.25, -0.2) is 0 Å². The number of methoxy groups -OCH3 is 1. The Hall–Kier alpha value is -0.320. The first-order valence-corrected chi connectivity index (χ1v) is 8.98. The lowest BCUT2D eigenvalue weighted by atomic mass is 9.93. The van der Waals surface area contributed by atoms with E-state index in [1.54, 1.807) is 7.11 Å². The average molecular weight is 463 g/mol. The summed E-state index contributed by atoms with van der Waals surface area (Å²) in [6.45, 7) is 0. The molecular formula is C16H15Br3O. The fourth-order valence-corrected chi connectivity index (χ4v) is 3.44. The van der Waals surface area contributed by atoms with Gasteiger partial charge in [0.1, 0.15) is 5.75 Å². The Morgan fingerprint density at radius 3 is 2.25 bits per heavy atom. The highest BCUT2D eigenvalue weighted by Crippen LogP contribution is 2.30. The summed E-state index contributed by atoms with van der Waals surface area (Å²) in [7, 11) is 1.72. The Morgan fingerprint density at radius 2 is 1.65 bits per heavy atom. The van der Waals surface area contributed by atoms with Crippen LogP contribution in [0.2, 0.25) is 0 Å². The third-order valence-electron chi connectivity index (χ3n) is 3.24. The van der Waals surface area contributed by atoms with Crippen LogP contribution in [0.4, 0.5) is 0 Å².